The summed E-state index contributed by atoms with van der Waals surface area (Å²) >= 11 is 0. The molecule has 0 spiro atoms. The molecule has 1 aliphatic heterocycles. The van der Waals surface area contributed by atoms with Crippen molar-refractivity contribution in [3.63, 3.8) is 0 Å². The number of nitrogens with zero attached hydrogens (tertiary/aromatic N) is 1. The van der Waals surface area contributed by atoms with E-state index in [9.17, 15) is 27.2 Å². The molecule has 0 aromatic heterocycles. The average molecular weight is 330 g/mol. The van der Waals surface area contributed by atoms with Gasteiger partial charge in [0, 0.05) is 18.8 Å². The van der Waals surface area contributed by atoms with Crippen LogP contribution in [0.5, 0.6) is 0 Å². The maximum atomic E-state index is 13.5. The van der Waals surface area contributed by atoms with E-state index in [0.29, 0.717) is 25.5 Å². The Morgan fingerprint density at radius 3 is 2.61 bits per heavy atom. The number of carbonyl (C=O) groups is 2. The number of benzene rings is 1. The van der Waals surface area contributed by atoms with Gasteiger partial charge in [-0.15, -0.1) is 0 Å². The Balaban J connectivity index is 2.04. The van der Waals surface area contributed by atoms with Crippen LogP contribution in [0.4, 0.5) is 23.2 Å². The zero-order valence-corrected chi connectivity index (χ0v) is 11.9. The first-order valence-electron chi connectivity index (χ1n) is 6.89. The number of halogens is 4. The second-order valence-corrected chi connectivity index (χ2v) is 5.04. The molecule has 0 bridgehead atoms. The summed E-state index contributed by atoms with van der Waals surface area (Å²) in [6.45, 7) is 0.344. The van der Waals surface area contributed by atoms with Crippen LogP contribution in [0.3, 0.4) is 0 Å². The van der Waals surface area contributed by atoms with Crippen molar-refractivity contribution in [3.8, 4) is 0 Å². The summed E-state index contributed by atoms with van der Waals surface area (Å²) in [5.74, 6) is -3.12. The average Bonchev–Trinajstić information content (AvgIpc) is 2.94. The summed E-state index contributed by atoms with van der Waals surface area (Å²) in [5, 5.41) is 2.40. The van der Waals surface area contributed by atoms with E-state index in [0.717, 1.165) is 6.20 Å². The number of likely N-dealkylation sites (tertiary alicyclic amines) is 1. The minimum absolute atomic E-state index is 0.000280. The van der Waals surface area contributed by atoms with Gasteiger partial charge in [-0.3, -0.25) is 9.59 Å². The predicted molar refractivity (Wildman–Crippen MR) is 75.0 cm³/mol. The lowest BCUT2D eigenvalue weighted by Gasteiger charge is -2.22. The minimum Gasteiger partial charge on any atom is -0.365 e. The van der Waals surface area contributed by atoms with Crippen molar-refractivity contribution in [1.29, 1.82) is 0 Å². The fourth-order valence-electron chi connectivity index (χ4n) is 2.29. The molecule has 23 heavy (non-hydrogen) atoms. The van der Waals surface area contributed by atoms with E-state index in [1.807, 2.05) is 0 Å². The van der Waals surface area contributed by atoms with Crippen LogP contribution < -0.4 is 5.32 Å². The van der Waals surface area contributed by atoms with Crippen LogP contribution in [0.15, 0.2) is 36.5 Å². The monoisotopic (exact) mass is 330 g/mol. The Labute approximate surface area is 129 Å². The fraction of sp³-hybridized carbons (Fsp3) is 0.333. The second-order valence-electron chi connectivity index (χ2n) is 5.04. The number of amides is 1. The molecule has 0 saturated carbocycles. The number of allylic oxidation sites excluding steroid dienone is 1. The van der Waals surface area contributed by atoms with E-state index in [2.05, 4.69) is 5.32 Å². The Morgan fingerprint density at radius 1 is 1.26 bits per heavy atom. The van der Waals surface area contributed by atoms with E-state index >= 15 is 0 Å². The highest BCUT2D eigenvalue weighted by Crippen LogP contribution is 2.22. The van der Waals surface area contributed by atoms with Crippen molar-refractivity contribution in [3.05, 3.63) is 42.4 Å². The number of ketones is 1. The van der Waals surface area contributed by atoms with Crippen LogP contribution in [0.25, 0.3) is 0 Å². The summed E-state index contributed by atoms with van der Waals surface area (Å²) in [5.41, 5.74) is -0.000280. The van der Waals surface area contributed by atoms with E-state index in [4.69, 9.17) is 0 Å². The number of alkyl halides is 3. The third-order valence-corrected chi connectivity index (χ3v) is 3.43. The van der Waals surface area contributed by atoms with Crippen LogP contribution in [0.2, 0.25) is 0 Å². The molecule has 0 aliphatic carbocycles. The third kappa shape index (κ3) is 4.30. The Bertz CT molecular complexity index is 628. The molecule has 0 radical (unpaired) electrons. The molecule has 1 aromatic carbocycles. The first kappa shape index (κ1) is 17.0. The number of hydrogen-bond acceptors (Lipinski definition) is 3. The van der Waals surface area contributed by atoms with Gasteiger partial charge < -0.3 is 10.2 Å². The zero-order valence-electron chi connectivity index (χ0n) is 11.9. The van der Waals surface area contributed by atoms with Crippen molar-refractivity contribution in [2.24, 2.45) is 0 Å². The van der Waals surface area contributed by atoms with Gasteiger partial charge in [0.25, 0.3) is 5.78 Å². The standard InChI is InChI=1S/C15H14F4N2O2/c16-10-4-1-2-5-11(10)20-14(23)12-6-3-8-21(12)9-7-13(22)15(17,18)19/h1-2,4-5,7,9,12H,3,6,8H2,(H,20,23)/b9-7+/t12-/m0/s1. The lowest BCUT2D eigenvalue weighted by atomic mass is 10.2. The SMILES string of the molecule is O=C(Nc1ccccc1F)[C@@H]1CCCN1/C=C/C(=O)C(F)(F)F. The van der Waals surface area contributed by atoms with Gasteiger partial charge in [0.15, 0.2) is 0 Å². The molecular weight excluding hydrogens is 316 g/mol. The van der Waals surface area contributed by atoms with Crippen LogP contribution in [0.1, 0.15) is 12.8 Å². The topological polar surface area (TPSA) is 49.4 Å². The van der Waals surface area contributed by atoms with E-state index in [-0.39, 0.29) is 5.69 Å². The molecule has 1 saturated heterocycles. The van der Waals surface area contributed by atoms with Gasteiger partial charge in [0.2, 0.25) is 5.91 Å². The maximum Gasteiger partial charge on any atom is 0.454 e. The minimum atomic E-state index is -4.94. The van der Waals surface area contributed by atoms with Crippen molar-refractivity contribution in [2.75, 3.05) is 11.9 Å². The molecule has 0 unspecified atom stereocenters. The fourth-order valence-corrected chi connectivity index (χ4v) is 2.29. The van der Waals surface area contributed by atoms with Crippen LogP contribution >= 0.6 is 0 Å². The van der Waals surface area contributed by atoms with Gasteiger partial charge in [-0.2, -0.15) is 13.2 Å². The Kier molecular flexibility index (Phi) is 5.02. The zero-order chi connectivity index (χ0) is 17.0. The van der Waals surface area contributed by atoms with E-state index in [1.165, 1.54) is 23.1 Å². The first-order valence-corrected chi connectivity index (χ1v) is 6.89. The molecule has 8 heteroatoms. The molecule has 1 aliphatic rings. The molecule has 1 N–H and O–H groups in total. The maximum absolute atomic E-state index is 13.5. The molecule has 1 atom stereocenters. The highest BCUT2D eigenvalue weighted by molar-refractivity contribution is 5.96. The van der Waals surface area contributed by atoms with Crippen molar-refractivity contribution >= 4 is 17.4 Å². The number of hydrogen-bond donors (Lipinski definition) is 1. The van der Waals surface area contributed by atoms with Gasteiger partial charge in [0.05, 0.1) is 5.69 Å². The molecule has 1 aromatic rings. The number of nitrogens with one attached hydrogen (secondary N) is 1. The highest BCUT2D eigenvalue weighted by Gasteiger charge is 2.37. The molecule has 124 valence electrons. The lowest BCUT2D eigenvalue weighted by molar-refractivity contribution is -0.165. The summed E-state index contributed by atoms with van der Waals surface area (Å²) < 4.78 is 50.0. The molecule has 2 rings (SSSR count). The summed E-state index contributed by atoms with van der Waals surface area (Å²) in [4.78, 5) is 24.4. The Hall–Kier alpha value is -2.38. The third-order valence-electron chi connectivity index (χ3n) is 3.43. The predicted octanol–water partition coefficient (Wildman–Crippen LogP) is 2.87. The number of para-hydroxylation sites is 1. The normalized spacial score (nSPS) is 18.4. The molecular formula is C15H14F4N2O2. The summed E-state index contributed by atoms with van der Waals surface area (Å²) in [6, 6.07) is 4.84. The number of carbonyl (C=O) groups excluding carboxylic acids is 2. The van der Waals surface area contributed by atoms with Crippen molar-refractivity contribution in [1.82, 2.24) is 4.90 Å². The van der Waals surface area contributed by atoms with E-state index < -0.39 is 29.7 Å². The Morgan fingerprint density at radius 2 is 1.96 bits per heavy atom. The first-order chi connectivity index (χ1) is 10.8. The van der Waals surface area contributed by atoms with Gasteiger partial charge in [-0.05, 0) is 25.0 Å². The van der Waals surface area contributed by atoms with Crippen LogP contribution in [0, 0.1) is 5.82 Å². The van der Waals surface area contributed by atoms with Crippen molar-refractivity contribution < 1.29 is 27.2 Å². The van der Waals surface area contributed by atoms with Crippen LogP contribution in [-0.4, -0.2) is 35.4 Å². The largest absolute Gasteiger partial charge is 0.454 e. The number of anilines is 1. The molecule has 4 nitrogen and oxygen atoms in total. The van der Waals surface area contributed by atoms with Gasteiger partial charge in [-0.25, -0.2) is 4.39 Å². The van der Waals surface area contributed by atoms with Gasteiger partial charge in [0.1, 0.15) is 11.9 Å². The van der Waals surface area contributed by atoms with Gasteiger partial charge in [-0.1, -0.05) is 12.1 Å². The smallest absolute Gasteiger partial charge is 0.365 e. The molecule has 1 heterocycles. The van der Waals surface area contributed by atoms with Gasteiger partial charge >= 0.3 is 6.18 Å². The van der Waals surface area contributed by atoms with Crippen LogP contribution in [-0.2, 0) is 9.59 Å². The molecule has 1 amide bonds. The second kappa shape index (κ2) is 6.80. The number of rotatable bonds is 4. The summed E-state index contributed by atoms with van der Waals surface area (Å²) in [7, 11) is 0. The summed E-state index contributed by atoms with van der Waals surface area (Å²) in [6.07, 6.45) is -2.59. The van der Waals surface area contributed by atoms with E-state index in [1.54, 1.807) is 6.07 Å². The van der Waals surface area contributed by atoms with Crippen molar-refractivity contribution in [2.45, 2.75) is 25.1 Å². The molecule has 1 fully saturated rings. The quantitative estimate of drug-likeness (QED) is 0.682. The highest BCUT2D eigenvalue weighted by atomic mass is 19.4. The lowest BCUT2D eigenvalue weighted by Crippen LogP contribution is -2.37.